The Hall–Kier alpha value is -7.02. The lowest BCUT2D eigenvalue weighted by molar-refractivity contribution is 0.482. The maximum Gasteiger partial charge on any atom is 0.196 e. The fourth-order valence-electron chi connectivity index (χ4n) is 8.90. The van der Waals surface area contributed by atoms with Gasteiger partial charge in [-0.05, 0) is 81.4 Å². The number of nitrogens with zero attached hydrogens (tertiary/aromatic N) is 1. The highest BCUT2D eigenvalue weighted by molar-refractivity contribution is 7.21. The third kappa shape index (κ3) is 4.03. The van der Waals surface area contributed by atoms with Crippen LogP contribution in [0.2, 0.25) is 0 Å². The van der Waals surface area contributed by atoms with E-state index in [2.05, 4.69) is 157 Å². The molecule has 0 saturated carbocycles. The second-order valence-corrected chi connectivity index (χ2v) is 17.7. The van der Waals surface area contributed by atoms with Crippen LogP contribution in [0.15, 0.2) is 185 Å². The molecule has 0 N–H and O–H groups in total. The molecule has 0 fully saturated rings. The molecule has 54 heavy (non-hydrogen) atoms. The molecule has 1 spiro atoms. The Labute approximate surface area is 310 Å². The molecule has 2 aromatic heterocycles. The summed E-state index contributed by atoms with van der Waals surface area (Å²) < 4.78 is 26.4. The summed E-state index contributed by atoms with van der Waals surface area (Å²) in [5.41, 5.74) is 6.27. The smallest absolute Gasteiger partial charge is 0.196 e. The van der Waals surface area contributed by atoms with Gasteiger partial charge in [0.15, 0.2) is 8.07 Å². The van der Waals surface area contributed by atoms with Crippen LogP contribution < -0.4 is 35.1 Å². The maximum absolute atomic E-state index is 6.95. The lowest BCUT2D eigenvalue weighted by Crippen LogP contribution is -2.77. The van der Waals surface area contributed by atoms with E-state index in [9.17, 15) is 0 Å². The highest BCUT2D eigenvalue weighted by Gasteiger charge is 2.53. The summed E-state index contributed by atoms with van der Waals surface area (Å²) in [6.07, 6.45) is 0. The Kier molecular flexibility index (Phi) is 6.01. The van der Waals surface area contributed by atoms with E-state index in [0.717, 1.165) is 83.9 Å². The van der Waals surface area contributed by atoms with E-state index < -0.39 is 8.07 Å². The van der Waals surface area contributed by atoms with E-state index in [-0.39, 0.29) is 0 Å². The predicted octanol–water partition coefficient (Wildman–Crippen LogP) is 10.5. The minimum Gasteiger partial charge on any atom is -0.458 e. The van der Waals surface area contributed by atoms with Gasteiger partial charge in [0, 0.05) is 56.8 Å². The normalized spacial score (nSPS) is 13.6. The zero-order chi connectivity index (χ0) is 35.4. The summed E-state index contributed by atoms with van der Waals surface area (Å²) in [5.74, 6) is 3.51. The summed E-state index contributed by atoms with van der Waals surface area (Å²) in [5, 5.41) is 9.20. The van der Waals surface area contributed by atoms with Crippen molar-refractivity contribution in [1.82, 2.24) is 0 Å². The Morgan fingerprint density at radius 3 is 1.24 bits per heavy atom. The summed E-state index contributed by atoms with van der Waals surface area (Å²) in [6, 6.07) is 61.6. The van der Waals surface area contributed by atoms with Crippen LogP contribution in [0, 0.1) is 0 Å². The molecular weight excluding hydrogens is 683 g/mol. The van der Waals surface area contributed by atoms with E-state index in [4.69, 9.17) is 18.3 Å². The van der Waals surface area contributed by atoms with Crippen molar-refractivity contribution in [2.45, 2.75) is 0 Å². The average Bonchev–Trinajstić information content (AvgIpc) is 3.78. The Bertz CT molecular complexity index is 2980. The molecule has 6 heteroatoms. The Balaban J connectivity index is 1.11. The lowest BCUT2D eigenvalue weighted by atomic mass is 10.1. The first-order chi connectivity index (χ1) is 26.7. The number of hydrogen-bond donors (Lipinski definition) is 0. The molecule has 2 aliphatic heterocycles. The van der Waals surface area contributed by atoms with E-state index in [0.29, 0.717) is 0 Å². The van der Waals surface area contributed by atoms with Crippen molar-refractivity contribution in [3.8, 4) is 23.0 Å². The minimum absolute atomic E-state index is 0.827. The number of fused-ring (bicyclic) bond motifs is 14. The molecule has 2 aliphatic rings. The molecule has 8 aromatic carbocycles. The van der Waals surface area contributed by atoms with Gasteiger partial charge in [-0.1, -0.05) is 97.1 Å². The molecule has 10 aromatic rings. The standard InChI is InChI=1S/C48H29NO4Si/c1-3-13-37-33(11-1)35-24-21-30(27-42(35)50-37)49(31-22-25-36-34-12-2-4-14-38(34)51-43(36)28-31)32-23-26-48-44(29-32)53-41-17-7-10-20-47(41)54(48)45-18-8-5-15-39(45)52-40-16-6-9-19-46(40)54/h1-29H. The molecule has 0 amide bonds. The number of ether oxygens (including phenoxy) is 2. The first kappa shape index (κ1) is 29.5. The van der Waals surface area contributed by atoms with Crippen LogP contribution in [0.25, 0.3) is 43.9 Å². The molecule has 0 saturated heterocycles. The zero-order valence-electron chi connectivity index (χ0n) is 28.8. The summed E-state index contributed by atoms with van der Waals surface area (Å²) >= 11 is 0. The molecule has 0 unspecified atom stereocenters. The largest absolute Gasteiger partial charge is 0.458 e. The number of rotatable bonds is 3. The van der Waals surface area contributed by atoms with Crippen LogP contribution in [-0.4, -0.2) is 8.07 Å². The van der Waals surface area contributed by atoms with Gasteiger partial charge in [-0.2, -0.15) is 0 Å². The van der Waals surface area contributed by atoms with Gasteiger partial charge in [-0.25, -0.2) is 0 Å². The van der Waals surface area contributed by atoms with E-state index in [1.807, 2.05) is 24.3 Å². The van der Waals surface area contributed by atoms with Crippen molar-refractivity contribution in [1.29, 1.82) is 0 Å². The van der Waals surface area contributed by atoms with Crippen molar-refractivity contribution in [2.24, 2.45) is 0 Å². The van der Waals surface area contributed by atoms with Crippen LogP contribution in [0.5, 0.6) is 23.0 Å². The molecule has 0 atom stereocenters. The SMILES string of the molecule is c1ccc2c(c1)Oc1ccccc1[Si]21c2ccccc2Oc2cc(N(c3ccc4c(c3)oc3ccccc34)c3ccc4c(c3)oc3ccccc34)ccc21. The number of benzene rings is 8. The van der Waals surface area contributed by atoms with Crippen LogP contribution in [0.3, 0.4) is 0 Å². The highest BCUT2D eigenvalue weighted by atomic mass is 28.3. The summed E-state index contributed by atoms with van der Waals surface area (Å²) in [6.45, 7) is 0. The van der Waals surface area contributed by atoms with Crippen molar-refractivity contribution >= 4 is 89.8 Å². The summed E-state index contributed by atoms with van der Waals surface area (Å²) in [7, 11) is -2.88. The fraction of sp³-hybridized carbons (Fsp3) is 0. The molecule has 0 aliphatic carbocycles. The van der Waals surface area contributed by atoms with Gasteiger partial charge in [0.25, 0.3) is 0 Å². The van der Waals surface area contributed by atoms with Gasteiger partial charge in [0.2, 0.25) is 0 Å². The fourth-order valence-corrected chi connectivity index (χ4v) is 14.0. The second-order valence-electron chi connectivity index (χ2n) is 14.0. The third-order valence-electron chi connectivity index (χ3n) is 11.2. The number of furan rings is 2. The van der Waals surface area contributed by atoms with Crippen LogP contribution in [0.1, 0.15) is 0 Å². The number of hydrogen-bond acceptors (Lipinski definition) is 5. The Morgan fingerprint density at radius 2 is 0.704 bits per heavy atom. The molecular formula is C48H29NO4Si. The van der Waals surface area contributed by atoms with E-state index in [1.165, 1.54) is 20.7 Å². The maximum atomic E-state index is 6.95. The van der Waals surface area contributed by atoms with Crippen LogP contribution >= 0.6 is 0 Å². The van der Waals surface area contributed by atoms with Crippen LogP contribution in [0.4, 0.5) is 17.1 Å². The van der Waals surface area contributed by atoms with E-state index in [1.54, 1.807) is 0 Å². The minimum atomic E-state index is -2.88. The van der Waals surface area contributed by atoms with Crippen molar-refractivity contribution in [3.63, 3.8) is 0 Å². The molecule has 0 radical (unpaired) electrons. The van der Waals surface area contributed by atoms with Crippen molar-refractivity contribution < 1.29 is 18.3 Å². The van der Waals surface area contributed by atoms with Gasteiger partial charge in [0.05, 0.1) is 0 Å². The Morgan fingerprint density at radius 1 is 0.315 bits per heavy atom. The second kappa shape index (κ2) is 11.0. The first-order valence-electron chi connectivity index (χ1n) is 18.2. The summed E-state index contributed by atoms with van der Waals surface area (Å²) in [4.78, 5) is 2.27. The number of para-hydroxylation sites is 5. The monoisotopic (exact) mass is 711 g/mol. The van der Waals surface area contributed by atoms with E-state index >= 15 is 0 Å². The quantitative estimate of drug-likeness (QED) is 0.171. The molecule has 12 rings (SSSR count). The van der Waals surface area contributed by atoms with Gasteiger partial charge in [-0.15, -0.1) is 0 Å². The van der Waals surface area contributed by atoms with Crippen LogP contribution in [-0.2, 0) is 0 Å². The number of anilines is 3. The van der Waals surface area contributed by atoms with Gasteiger partial charge < -0.3 is 23.2 Å². The first-order valence-corrected chi connectivity index (χ1v) is 20.2. The van der Waals surface area contributed by atoms with Gasteiger partial charge in [-0.3, -0.25) is 0 Å². The molecule has 5 nitrogen and oxygen atoms in total. The molecule has 0 bridgehead atoms. The van der Waals surface area contributed by atoms with Crippen molar-refractivity contribution in [2.75, 3.05) is 4.90 Å². The highest BCUT2D eigenvalue weighted by Crippen LogP contribution is 2.43. The average molecular weight is 712 g/mol. The molecule has 4 heterocycles. The van der Waals surface area contributed by atoms with Crippen molar-refractivity contribution in [3.05, 3.63) is 176 Å². The topological polar surface area (TPSA) is 48.0 Å². The third-order valence-corrected chi connectivity index (χ3v) is 16.1. The molecule has 254 valence electrons. The lowest BCUT2D eigenvalue weighted by Gasteiger charge is -2.43. The van der Waals surface area contributed by atoms with Gasteiger partial charge >= 0.3 is 0 Å². The van der Waals surface area contributed by atoms with Gasteiger partial charge in [0.1, 0.15) is 45.3 Å². The predicted molar refractivity (Wildman–Crippen MR) is 219 cm³/mol. The zero-order valence-corrected chi connectivity index (χ0v) is 29.8.